The van der Waals surface area contributed by atoms with E-state index in [1.165, 1.54) is 0 Å². The summed E-state index contributed by atoms with van der Waals surface area (Å²) in [6.07, 6.45) is 0.0830. The molecule has 32 heavy (non-hydrogen) atoms. The first kappa shape index (κ1) is 23.3. The van der Waals surface area contributed by atoms with E-state index in [1.54, 1.807) is 20.8 Å². The summed E-state index contributed by atoms with van der Waals surface area (Å²) in [4.78, 5) is 36.9. The molecule has 170 valence electrons. The van der Waals surface area contributed by atoms with Crippen molar-refractivity contribution in [1.29, 1.82) is 0 Å². The Morgan fingerprint density at radius 1 is 0.969 bits per heavy atom. The van der Waals surface area contributed by atoms with Crippen LogP contribution in [0.25, 0.3) is 11.1 Å². The highest BCUT2D eigenvalue weighted by Gasteiger charge is 2.38. The van der Waals surface area contributed by atoms with Crippen molar-refractivity contribution in [2.75, 3.05) is 6.61 Å². The highest BCUT2D eigenvalue weighted by Crippen LogP contribution is 2.44. The quantitative estimate of drug-likeness (QED) is 0.548. The fourth-order valence-electron chi connectivity index (χ4n) is 4.24. The number of benzene rings is 2. The number of carboxylic acid groups (broad SMARTS) is 1. The third-order valence-electron chi connectivity index (χ3n) is 6.34. The van der Waals surface area contributed by atoms with Gasteiger partial charge in [0.15, 0.2) is 0 Å². The van der Waals surface area contributed by atoms with Crippen LogP contribution in [0.4, 0.5) is 4.79 Å². The van der Waals surface area contributed by atoms with Crippen molar-refractivity contribution in [2.45, 2.75) is 57.5 Å². The fraction of sp³-hybridized carbons (Fsp3) is 0.400. The highest BCUT2D eigenvalue weighted by atomic mass is 16.5. The lowest BCUT2D eigenvalue weighted by Crippen LogP contribution is -2.58. The predicted octanol–water partition coefficient (Wildman–Crippen LogP) is 4.06. The molecular formula is C25H30N2O5. The summed E-state index contributed by atoms with van der Waals surface area (Å²) >= 11 is 0. The lowest BCUT2D eigenvalue weighted by molar-refractivity contribution is -0.148. The summed E-state index contributed by atoms with van der Waals surface area (Å²) in [6, 6.07) is 15.2. The molecule has 0 bridgehead atoms. The second-order valence-corrected chi connectivity index (χ2v) is 8.01. The Labute approximate surface area is 188 Å². The van der Waals surface area contributed by atoms with Crippen molar-refractivity contribution in [2.24, 2.45) is 0 Å². The van der Waals surface area contributed by atoms with Crippen LogP contribution in [0, 0.1) is 0 Å². The van der Waals surface area contributed by atoms with Gasteiger partial charge in [-0.25, -0.2) is 9.59 Å². The molecule has 2 amide bonds. The molecule has 7 nitrogen and oxygen atoms in total. The average Bonchev–Trinajstić information content (AvgIpc) is 3.13. The molecule has 0 aliphatic heterocycles. The van der Waals surface area contributed by atoms with Crippen molar-refractivity contribution in [3.63, 3.8) is 0 Å². The molecule has 0 saturated carbocycles. The molecule has 0 radical (unpaired) electrons. The van der Waals surface area contributed by atoms with Gasteiger partial charge in [0.2, 0.25) is 5.91 Å². The number of amides is 2. The zero-order valence-electron chi connectivity index (χ0n) is 18.7. The SMILES string of the molecule is CC[C@H](NC(=O)OCC1c2ccccc2-c2ccccc21)C(=O)NC(CC)(CC)C(=O)O. The Bertz CT molecular complexity index is 954. The number of carbonyl (C=O) groups excluding carboxylic acids is 2. The van der Waals surface area contributed by atoms with E-state index >= 15 is 0 Å². The molecule has 1 aliphatic rings. The van der Waals surface area contributed by atoms with E-state index in [4.69, 9.17) is 4.74 Å². The standard InChI is InChI=1S/C25H30N2O5/c1-4-21(22(28)27-25(5-2,6-3)23(29)30)26-24(31)32-15-20-18-13-9-7-11-16(18)17-12-8-10-14-19(17)20/h7-14,20-21H,4-6,15H2,1-3H3,(H,26,31)(H,27,28)(H,29,30)/t21-/m0/s1. The van der Waals surface area contributed by atoms with Gasteiger partial charge >= 0.3 is 12.1 Å². The Morgan fingerprint density at radius 2 is 1.50 bits per heavy atom. The molecule has 0 spiro atoms. The molecule has 0 fully saturated rings. The summed E-state index contributed by atoms with van der Waals surface area (Å²) in [5.41, 5.74) is 3.11. The van der Waals surface area contributed by atoms with Crippen LogP contribution in [0.2, 0.25) is 0 Å². The molecule has 3 rings (SSSR count). The summed E-state index contributed by atoms with van der Waals surface area (Å²) < 4.78 is 5.51. The maximum atomic E-state index is 12.7. The van der Waals surface area contributed by atoms with Gasteiger partial charge in [-0.1, -0.05) is 69.3 Å². The van der Waals surface area contributed by atoms with E-state index < -0.39 is 29.6 Å². The summed E-state index contributed by atoms with van der Waals surface area (Å²) in [5, 5.41) is 14.7. The number of rotatable bonds is 9. The second kappa shape index (κ2) is 9.85. The van der Waals surface area contributed by atoms with Gasteiger partial charge in [-0.15, -0.1) is 0 Å². The summed E-state index contributed by atoms with van der Waals surface area (Å²) in [6.45, 7) is 5.30. The number of carboxylic acids is 1. The van der Waals surface area contributed by atoms with Gasteiger partial charge in [0.25, 0.3) is 0 Å². The maximum absolute atomic E-state index is 12.7. The van der Waals surface area contributed by atoms with Crippen molar-refractivity contribution >= 4 is 18.0 Å². The summed E-state index contributed by atoms with van der Waals surface area (Å²) in [7, 11) is 0. The summed E-state index contributed by atoms with van der Waals surface area (Å²) in [5.74, 6) is -1.71. The van der Waals surface area contributed by atoms with E-state index in [0.717, 1.165) is 22.3 Å². The Kier molecular flexibility index (Phi) is 7.18. The van der Waals surface area contributed by atoms with Crippen LogP contribution in [0.15, 0.2) is 48.5 Å². The van der Waals surface area contributed by atoms with Gasteiger partial charge in [0, 0.05) is 5.92 Å². The molecule has 2 aromatic rings. The fourth-order valence-corrected chi connectivity index (χ4v) is 4.24. The number of carbonyl (C=O) groups is 3. The molecule has 1 atom stereocenters. The Hall–Kier alpha value is -3.35. The molecule has 7 heteroatoms. The highest BCUT2D eigenvalue weighted by molar-refractivity contribution is 5.91. The van der Waals surface area contributed by atoms with Crippen LogP contribution in [0.5, 0.6) is 0 Å². The number of fused-ring (bicyclic) bond motifs is 3. The van der Waals surface area contributed by atoms with Gasteiger partial charge < -0.3 is 20.5 Å². The zero-order valence-corrected chi connectivity index (χ0v) is 18.7. The first-order valence-electron chi connectivity index (χ1n) is 11.0. The van der Waals surface area contributed by atoms with Crippen molar-refractivity contribution < 1.29 is 24.2 Å². The average molecular weight is 439 g/mol. The van der Waals surface area contributed by atoms with Gasteiger partial charge in [-0.05, 0) is 41.5 Å². The minimum Gasteiger partial charge on any atom is -0.480 e. The monoisotopic (exact) mass is 438 g/mol. The van der Waals surface area contributed by atoms with Crippen LogP contribution in [-0.4, -0.2) is 41.3 Å². The number of hydrogen-bond acceptors (Lipinski definition) is 4. The van der Waals surface area contributed by atoms with E-state index in [2.05, 4.69) is 22.8 Å². The van der Waals surface area contributed by atoms with Gasteiger partial charge in [-0.3, -0.25) is 4.79 Å². The number of nitrogens with one attached hydrogen (secondary N) is 2. The molecule has 2 aromatic carbocycles. The zero-order chi connectivity index (χ0) is 23.3. The molecular weight excluding hydrogens is 408 g/mol. The molecule has 0 aromatic heterocycles. The van der Waals surface area contributed by atoms with Crippen LogP contribution >= 0.6 is 0 Å². The smallest absolute Gasteiger partial charge is 0.407 e. The lowest BCUT2D eigenvalue weighted by Gasteiger charge is -2.30. The van der Waals surface area contributed by atoms with Gasteiger partial charge in [0.05, 0.1) is 0 Å². The molecule has 0 unspecified atom stereocenters. The van der Waals surface area contributed by atoms with Crippen molar-refractivity contribution in [1.82, 2.24) is 10.6 Å². The van der Waals surface area contributed by atoms with E-state index in [9.17, 15) is 19.5 Å². The van der Waals surface area contributed by atoms with Gasteiger partial charge in [-0.2, -0.15) is 0 Å². The van der Waals surface area contributed by atoms with Crippen molar-refractivity contribution in [3.8, 4) is 11.1 Å². The first-order chi connectivity index (χ1) is 15.4. The lowest BCUT2D eigenvalue weighted by atomic mass is 9.92. The minimum atomic E-state index is -1.35. The molecule has 3 N–H and O–H groups in total. The van der Waals surface area contributed by atoms with Crippen LogP contribution in [0.3, 0.4) is 0 Å². The molecule has 1 aliphatic carbocycles. The topological polar surface area (TPSA) is 105 Å². The van der Waals surface area contributed by atoms with E-state index in [-0.39, 0.29) is 25.4 Å². The number of ether oxygens (including phenoxy) is 1. The third kappa shape index (κ3) is 4.47. The first-order valence-corrected chi connectivity index (χ1v) is 11.0. The predicted molar refractivity (Wildman–Crippen MR) is 121 cm³/mol. The Balaban J connectivity index is 1.65. The number of hydrogen-bond donors (Lipinski definition) is 3. The largest absolute Gasteiger partial charge is 0.480 e. The second-order valence-electron chi connectivity index (χ2n) is 8.01. The van der Waals surface area contributed by atoms with Crippen LogP contribution < -0.4 is 10.6 Å². The van der Waals surface area contributed by atoms with Crippen molar-refractivity contribution in [3.05, 3.63) is 59.7 Å². The van der Waals surface area contributed by atoms with Crippen LogP contribution in [-0.2, 0) is 14.3 Å². The maximum Gasteiger partial charge on any atom is 0.407 e. The Morgan fingerprint density at radius 3 is 1.97 bits per heavy atom. The number of alkyl carbamates (subject to hydrolysis) is 1. The molecule has 0 heterocycles. The van der Waals surface area contributed by atoms with Crippen LogP contribution in [0.1, 0.15) is 57.1 Å². The third-order valence-corrected chi connectivity index (χ3v) is 6.34. The number of aliphatic carboxylic acids is 1. The minimum absolute atomic E-state index is 0.0816. The van der Waals surface area contributed by atoms with Gasteiger partial charge in [0.1, 0.15) is 18.2 Å². The normalized spacial score (nSPS) is 13.6. The van der Waals surface area contributed by atoms with E-state index in [0.29, 0.717) is 6.42 Å². The van der Waals surface area contributed by atoms with E-state index in [1.807, 2.05) is 36.4 Å². The molecule has 0 saturated heterocycles.